The number of likely N-dealkylation sites (N-methyl/N-ethyl adjacent to an activating group) is 1. The maximum atomic E-state index is 11.4. The zero-order chi connectivity index (χ0) is 12.1. The maximum Gasteiger partial charge on any atom is 0.260 e. The summed E-state index contributed by atoms with van der Waals surface area (Å²) in [5.74, 6) is 0.415. The lowest BCUT2D eigenvalue weighted by Crippen LogP contribution is -2.43. The number of fused-ring (bicyclic) bond motifs is 1. The van der Waals surface area contributed by atoms with Gasteiger partial charge in [-0.1, -0.05) is 26.7 Å². The molecule has 4 nitrogen and oxygen atoms in total. The normalized spacial score (nSPS) is 33.6. The first kappa shape index (κ1) is 13.5. The third-order valence-electron chi connectivity index (χ3n) is 3.82. The molecule has 3 atom stereocenters. The molecule has 0 bridgehead atoms. The smallest absolute Gasteiger partial charge is 0.260 e. The Morgan fingerprint density at radius 1 is 1.31 bits per heavy atom. The summed E-state index contributed by atoms with van der Waals surface area (Å²) in [6, 6.07) is 0.444. The second kappa shape index (κ2) is 6.21. The van der Waals surface area contributed by atoms with E-state index in [9.17, 15) is 4.79 Å². The summed E-state index contributed by atoms with van der Waals surface area (Å²) in [6.45, 7) is 4.00. The summed E-state index contributed by atoms with van der Waals surface area (Å²) in [4.78, 5) is 13.5. The molecule has 94 valence electrons. The largest absolute Gasteiger partial charge is 0.292 e. The van der Waals surface area contributed by atoms with Gasteiger partial charge in [0.25, 0.3) is 5.91 Å². The Labute approximate surface area is 98.0 Å². The fraction of sp³-hybridized carbons (Fsp3) is 0.917. The van der Waals surface area contributed by atoms with E-state index in [-0.39, 0.29) is 11.9 Å². The molecule has 1 saturated carbocycles. The van der Waals surface area contributed by atoms with Crippen molar-refractivity contribution in [3.63, 3.8) is 0 Å². The molecule has 3 unspecified atom stereocenters. The molecule has 1 heterocycles. The van der Waals surface area contributed by atoms with Crippen LogP contribution in [0.4, 0.5) is 0 Å². The highest BCUT2D eigenvalue weighted by atomic mass is 16.5. The molecule has 2 aliphatic rings. The van der Waals surface area contributed by atoms with E-state index in [1.165, 1.54) is 25.7 Å². The number of likely N-dealkylation sites (tertiary alicyclic amines) is 1. The van der Waals surface area contributed by atoms with Gasteiger partial charge >= 0.3 is 0 Å². The van der Waals surface area contributed by atoms with Gasteiger partial charge in [-0.2, -0.15) is 0 Å². The van der Waals surface area contributed by atoms with Crippen LogP contribution in [0.5, 0.6) is 0 Å². The molecule has 0 aromatic heterocycles. The SMILES string of the molecule is CC.CN1C(C(=O)NO)CC2CCCCC21. The van der Waals surface area contributed by atoms with Gasteiger partial charge in [-0.15, -0.1) is 0 Å². The highest BCUT2D eigenvalue weighted by Gasteiger charge is 2.42. The van der Waals surface area contributed by atoms with Crippen LogP contribution >= 0.6 is 0 Å². The molecule has 0 spiro atoms. The maximum absolute atomic E-state index is 11.4. The van der Waals surface area contributed by atoms with Crippen LogP contribution in [0.3, 0.4) is 0 Å². The van der Waals surface area contributed by atoms with Gasteiger partial charge in [0, 0.05) is 6.04 Å². The highest BCUT2D eigenvalue weighted by Crippen LogP contribution is 2.38. The van der Waals surface area contributed by atoms with Gasteiger partial charge in [0.1, 0.15) is 0 Å². The van der Waals surface area contributed by atoms with E-state index in [4.69, 9.17) is 5.21 Å². The molecular weight excluding hydrogens is 204 g/mol. The Hall–Kier alpha value is -0.610. The molecule has 0 radical (unpaired) electrons. The molecule has 1 amide bonds. The summed E-state index contributed by atoms with van der Waals surface area (Å²) in [6.07, 6.45) is 5.93. The minimum absolute atomic E-state index is 0.118. The summed E-state index contributed by atoms with van der Waals surface area (Å²) >= 11 is 0. The Morgan fingerprint density at radius 2 is 1.94 bits per heavy atom. The monoisotopic (exact) mass is 228 g/mol. The quantitative estimate of drug-likeness (QED) is 0.531. The molecule has 2 rings (SSSR count). The van der Waals surface area contributed by atoms with Crippen molar-refractivity contribution in [3.05, 3.63) is 0 Å². The zero-order valence-electron chi connectivity index (χ0n) is 10.6. The van der Waals surface area contributed by atoms with Crippen molar-refractivity contribution in [2.45, 2.75) is 58.0 Å². The second-order valence-corrected chi connectivity index (χ2v) is 4.50. The molecule has 0 aromatic rings. The minimum atomic E-state index is -0.248. The van der Waals surface area contributed by atoms with Gasteiger partial charge in [-0.05, 0) is 32.2 Å². The first-order valence-electron chi connectivity index (χ1n) is 6.40. The van der Waals surface area contributed by atoms with Crippen molar-refractivity contribution in [2.75, 3.05) is 7.05 Å². The van der Waals surface area contributed by atoms with Crippen LogP contribution in [0.1, 0.15) is 46.0 Å². The number of hydrogen-bond donors (Lipinski definition) is 2. The summed E-state index contributed by atoms with van der Waals surface area (Å²) in [5, 5.41) is 8.62. The number of nitrogens with one attached hydrogen (secondary N) is 1. The molecule has 1 aliphatic carbocycles. The number of hydroxylamine groups is 1. The molecule has 4 heteroatoms. The Morgan fingerprint density at radius 3 is 2.50 bits per heavy atom. The molecule has 0 aromatic carbocycles. The first-order chi connectivity index (χ1) is 7.74. The molecule has 16 heavy (non-hydrogen) atoms. The second-order valence-electron chi connectivity index (χ2n) is 4.50. The van der Waals surface area contributed by atoms with Crippen LogP contribution in [0.2, 0.25) is 0 Å². The van der Waals surface area contributed by atoms with E-state index >= 15 is 0 Å². The van der Waals surface area contributed by atoms with E-state index in [0.29, 0.717) is 12.0 Å². The van der Waals surface area contributed by atoms with Crippen molar-refractivity contribution < 1.29 is 10.0 Å². The lowest BCUT2D eigenvalue weighted by atomic mass is 9.85. The first-order valence-corrected chi connectivity index (χ1v) is 6.40. The van der Waals surface area contributed by atoms with Gasteiger partial charge in [0.2, 0.25) is 0 Å². The highest BCUT2D eigenvalue weighted by molar-refractivity contribution is 5.81. The number of nitrogens with zero attached hydrogens (tertiary/aromatic N) is 1. The average molecular weight is 228 g/mol. The fourth-order valence-electron chi connectivity index (χ4n) is 3.05. The van der Waals surface area contributed by atoms with Crippen molar-refractivity contribution in [2.24, 2.45) is 5.92 Å². The predicted octanol–water partition coefficient (Wildman–Crippen LogP) is 1.78. The van der Waals surface area contributed by atoms with Crippen molar-refractivity contribution >= 4 is 5.91 Å². The molecular formula is C12H24N2O2. The molecule has 1 aliphatic heterocycles. The predicted molar refractivity (Wildman–Crippen MR) is 63.2 cm³/mol. The van der Waals surface area contributed by atoms with E-state index in [1.54, 1.807) is 5.48 Å². The Bertz CT molecular complexity index is 233. The third-order valence-corrected chi connectivity index (χ3v) is 3.82. The average Bonchev–Trinajstić information content (AvgIpc) is 2.69. The van der Waals surface area contributed by atoms with E-state index in [1.807, 2.05) is 20.9 Å². The third kappa shape index (κ3) is 2.55. The van der Waals surface area contributed by atoms with Gasteiger partial charge in [0.15, 0.2) is 0 Å². The Kier molecular flexibility index (Phi) is 5.22. The van der Waals surface area contributed by atoms with Crippen molar-refractivity contribution in [3.8, 4) is 0 Å². The Balaban J connectivity index is 0.000000606. The van der Waals surface area contributed by atoms with E-state index < -0.39 is 0 Å². The van der Waals surface area contributed by atoms with Crippen LogP contribution in [0.15, 0.2) is 0 Å². The number of hydrogen-bond acceptors (Lipinski definition) is 3. The minimum Gasteiger partial charge on any atom is -0.292 e. The van der Waals surface area contributed by atoms with Crippen LogP contribution in [0, 0.1) is 5.92 Å². The van der Waals surface area contributed by atoms with Gasteiger partial charge < -0.3 is 0 Å². The molecule has 2 fully saturated rings. The van der Waals surface area contributed by atoms with Gasteiger partial charge in [-0.3, -0.25) is 14.9 Å². The van der Waals surface area contributed by atoms with Crippen LogP contribution in [0.25, 0.3) is 0 Å². The lowest BCUT2D eigenvalue weighted by molar-refractivity contribution is -0.133. The van der Waals surface area contributed by atoms with Gasteiger partial charge in [0.05, 0.1) is 6.04 Å². The summed E-state index contributed by atoms with van der Waals surface area (Å²) in [7, 11) is 2.00. The standard InChI is InChI=1S/C10H18N2O2.C2H6/c1-12-8-5-3-2-4-7(8)6-9(12)10(13)11-14;1-2/h7-9,14H,2-6H2,1H3,(H,11,13);1-2H3. The molecule has 1 saturated heterocycles. The topological polar surface area (TPSA) is 52.6 Å². The number of carbonyl (C=O) groups is 1. The number of carbonyl (C=O) groups excluding carboxylic acids is 1. The summed E-state index contributed by atoms with van der Waals surface area (Å²) < 4.78 is 0. The zero-order valence-corrected chi connectivity index (χ0v) is 10.6. The van der Waals surface area contributed by atoms with Crippen LogP contribution in [-0.2, 0) is 4.79 Å². The summed E-state index contributed by atoms with van der Waals surface area (Å²) in [5.41, 5.74) is 1.77. The lowest BCUT2D eigenvalue weighted by Gasteiger charge is -2.30. The number of amides is 1. The van der Waals surface area contributed by atoms with E-state index in [2.05, 4.69) is 4.90 Å². The number of rotatable bonds is 1. The van der Waals surface area contributed by atoms with Crippen molar-refractivity contribution in [1.29, 1.82) is 0 Å². The molecule has 2 N–H and O–H groups in total. The van der Waals surface area contributed by atoms with Crippen LogP contribution in [-0.4, -0.2) is 35.1 Å². The van der Waals surface area contributed by atoms with Gasteiger partial charge in [-0.25, -0.2) is 5.48 Å². The van der Waals surface area contributed by atoms with Crippen LogP contribution < -0.4 is 5.48 Å². The van der Waals surface area contributed by atoms with E-state index in [0.717, 1.165) is 6.42 Å². The van der Waals surface area contributed by atoms with Crippen molar-refractivity contribution in [1.82, 2.24) is 10.4 Å². The fourth-order valence-corrected chi connectivity index (χ4v) is 3.05.